The largest absolute Gasteiger partial charge is 0.481 e. The molecule has 5 nitrogen and oxygen atoms in total. The lowest BCUT2D eigenvalue weighted by atomic mass is 9.87. The summed E-state index contributed by atoms with van der Waals surface area (Å²) in [4.78, 5) is 23.1. The molecule has 0 spiro atoms. The first-order chi connectivity index (χ1) is 9.27. The van der Waals surface area contributed by atoms with Gasteiger partial charge in [0.1, 0.15) is 0 Å². The van der Waals surface area contributed by atoms with Crippen LogP contribution >= 0.6 is 0 Å². The molecule has 0 radical (unpaired) electrons. The summed E-state index contributed by atoms with van der Waals surface area (Å²) in [5.41, 5.74) is 0.0961. The van der Waals surface area contributed by atoms with Gasteiger partial charge in [-0.2, -0.15) is 0 Å². The Morgan fingerprint density at radius 2 is 1.62 bits per heavy atom. The number of carbonyl (C=O) groups is 2. The van der Waals surface area contributed by atoms with Crippen molar-refractivity contribution < 1.29 is 14.7 Å². The molecule has 1 aliphatic carbocycles. The Balaban J connectivity index is 2.59. The summed E-state index contributed by atoms with van der Waals surface area (Å²) >= 11 is 0. The molecular formula is C16H30N2O3. The van der Waals surface area contributed by atoms with E-state index in [9.17, 15) is 9.59 Å². The fraction of sp³-hybridized carbons (Fsp3) is 0.875. The first kappa shape index (κ1) is 17.8. The van der Waals surface area contributed by atoms with Gasteiger partial charge in [-0.05, 0) is 22.7 Å². The van der Waals surface area contributed by atoms with Crippen LogP contribution in [0.5, 0.6) is 0 Å². The van der Waals surface area contributed by atoms with Gasteiger partial charge in [-0.3, -0.25) is 4.79 Å². The summed E-state index contributed by atoms with van der Waals surface area (Å²) in [5, 5.41) is 14.8. The van der Waals surface area contributed by atoms with Gasteiger partial charge in [0.05, 0.1) is 6.42 Å². The molecule has 1 rings (SSSR count). The lowest BCUT2D eigenvalue weighted by Gasteiger charge is -2.26. The number of hydrogen-bond donors (Lipinski definition) is 3. The fourth-order valence-corrected chi connectivity index (χ4v) is 3.04. The molecule has 3 N–H and O–H groups in total. The van der Waals surface area contributed by atoms with Gasteiger partial charge in [-0.15, -0.1) is 0 Å². The second kappa shape index (κ2) is 5.50. The smallest absolute Gasteiger partial charge is 0.315 e. The summed E-state index contributed by atoms with van der Waals surface area (Å²) < 4.78 is 0. The van der Waals surface area contributed by atoms with Crippen LogP contribution in [0.4, 0.5) is 4.79 Å². The molecule has 1 atom stereocenters. The fourth-order valence-electron chi connectivity index (χ4n) is 3.04. The Morgan fingerprint density at radius 1 is 1.14 bits per heavy atom. The molecule has 21 heavy (non-hydrogen) atoms. The van der Waals surface area contributed by atoms with E-state index in [1.165, 1.54) is 0 Å². The average molecular weight is 298 g/mol. The number of aliphatic carboxylic acids is 1. The summed E-state index contributed by atoms with van der Waals surface area (Å²) in [7, 11) is 0. The van der Waals surface area contributed by atoms with Gasteiger partial charge >= 0.3 is 12.0 Å². The molecule has 1 fully saturated rings. The van der Waals surface area contributed by atoms with Gasteiger partial charge in [0.2, 0.25) is 0 Å². The second-order valence-electron chi connectivity index (χ2n) is 8.55. The van der Waals surface area contributed by atoms with Crippen LogP contribution < -0.4 is 10.6 Å². The Labute approximate surface area is 127 Å². The molecule has 0 bridgehead atoms. The Bertz CT molecular complexity index is 408. The maximum atomic E-state index is 12.1. The molecule has 0 aromatic heterocycles. The minimum atomic E-state index is -0.892. The Hall–Kier alpha value is -1.26. The minimum absolute atomic E-state index is 0.0362. The molecule has 0 aliphatic heterocycles. The number of urea groups is 1. The van der Waals surface area contributed by atoms with E-state index < -0.39 is 5.97 Å². The number of carboxylic acid groups (broad SMARTS) is 1. The maximum absolute atomic E-state index is 12.1. The Morgan fingerprint density at radius 3 is 1.95 bits per heavy atom. The topological polar surface area (TPSA) is 78.4 Å². The normalized spacial score (nSPS) is 21.5. The van der Waals surface area contributed by atoms with Crippen LogP contribution in [-0.4, -0.2) is 29.2 Å². The van der Waals surface area contributed by atoms with Crippen molar-refractivity contribution in [2.24, 2.45) is 16.2 Å². The molecule has 2 amide bonds. The van der Waals surface area contributed by atoms with Crippen molar-refractivity contribution in [2.75, 3.05) is 0 Å². The predicted molar refractivity (Wildman–Crippen MR) is 83.1 cm³/mol. The van der Waals surface area contributed by atoms with Gasteiger partial charge in [0, 0.05) is 12.1 Å². The van der Waals surface area contributed by atoms with Crippen molar-refractivity contribution in [1.82, 2.24) is 10.6 Å². The average Bonchev–Trinajstić information content (AvgIpc) is 2.56. The third kappa shape index (κ3) is 4.35. The molecule has 1 aliphatic rings. The summed E-state index contributed by atoms with van der Waals surface area (Å²) in [6.45, 7) is 14.6. The van der Waals surface area contributed by atoms with Crippen molar-refractivity contribution in [3.63, 3.8) is 0 Å². The molecule has 122 valence electrons. The van der Waals surface area contributed by atoms with Crippen LogP contribution in [0, 0.1) is 16.2 Å². The molecule has 1 saturated carbocycles. The number of amides is 2. The Kier molecular flexibility index (Phi) is 4.66. The number of rotatable bonds is 5. The molecule has 5 heteroatoms. The van der Waals surface area contributed by atoms with Gasteiger partial charge in [0.25, 0.3) is 0 Å². The van der Waals surface area contributed by atoms with Gasteiger partial charge in [-0.25, -0.2) is 4.79 Å². The third-order valence-electron chi connectivity index (χ3n) is 4.91. The number of hydrogen-bond acceptors (Lipinski definition) is 2. The number of carbonyl (C=O) groups excluding carboxylic acids is 1. The SMILES string of the molecule is CC(C)(C)CC(CC(=O)O)NC(=O)NC1C(C)(C)C1(C)C. The highest BCUT2D eigenvalue weighted by molar-refractivity contribution is 5.76. The number of carboxylic acids is 1. The highest BCUT2D eigenvalue weighted by Gasteiger charge is 2.65. The van der Waals surface area contributed by atoms with Crippen molar-refractivity contribution in [3.8, 4) is 0 Å². The van der Waals surface area contributed by atoms with Crippen LogP contribution in [0.15, 0.2) is 0 Å². The predicted octanol–water partition coefficient (Wildman–Crippen LogP) is 3.00. The van der Waals surface area contributed by atoms with Gasteiger partial charge in [-0.1, -0.05) is 48.5 Å². The zero-order valence-corrected chi connectivity index (χ0v) is 14.3. The van der Waals surface area contributed by atoms with Crippen LogP contribution in [0.25, 0.3) is 0 Å². The van der Waals surface area contributed by atoms with Crippen LogP contribution in [-0.2, 0) is 4.79 Å². The molecule has 0 aromatic rings. The van der Waals surface area contributed by atoms with Crippen LogP contribution in [0.2, 0.25) is 0 Å². The first-order valence-electron chi connectivity index (χ1n) is 7.56. The summed E-state index contributed by atoms with van der Waals surface area (Å²) in [5.74, 6) is -0.892. The van der Waals surface area contributed by atoms with E-state index in [-0.39, 0.29) is 40.8 Å². The van der Waals surface area contributed by atoms with Gasteiger partial charge in [0.15, 0.2) is 0 Å². The van der Waals surface area contributed by atoms with Crippen LogP contribution in [0.1, 0.15) is 61.3 Å². The molecule has 0 heterocycles. The molecule has 0 aromatic carbocycles. The molecule has 0 saturated heterocycles. The van der Waals surface area contributed by atoms with Crippen molar-refractivity contribution >= 4 is 12.0 Å². The standard InChI is InChI=1S/C16H30N2O3/c1-14(2,3)9-10(8-11(19)20)17-13(21)18-12-15(4,5)16(12,6)7/h10,12H,8-9H2,1-7H3,(H,19,20)(H2,17,18,21). The molecular weight excluding hydrogens is 268 g/mol. The zero-order valence-electron chi connectivity index (χ0n) is 14.3. The summed E-state index contributed by atoms with van der Waals surface area (Å²) in [6, 6.07) is -0.508. The van der Waals surface area contributed by atoms with E-state index >= 15 is 0 Å². The van der Waals surface area contributed by atoms with E-state index in [0.29, 0.717) is 6.42 Å². The lowest BCUT2D eigenvalue weighted by Crippen LogP contribution is -2.46. The third-order valence-corrected chi connectivity index (χ3v) is 4.91. The highest BCUT2D eigenvalue weighted by atomic mass is 16.4. The minimum Gasteiger partial charge on any atom is -0.481 e. The second-order valence-corrected chi connectivity index (χ2v) is 8.55. The lowest BCUT2D eigenvalue weighted by molar-refractivity contribution is -0.137. The van der Waals surface area contributed by atoms with Crippen molar-refractivity contribution in [1.29, 1.82) is 0 Å². The molecule has 1 unspecified atom stereocenters. The van der Waals surface area contributed by atoms with E-state index in [0.717, 1.165) is 0 Å². The van der Waals surface area contributed by atoms with Gasteiger partial charge < -0.3 is 15.7 Å². The van der Waals surface area contributed by atoms with Crippen LogP contribution in [0.3, 0.4) is 0 Å². The number of nitrogens with one attached hydrogen (secondary N) is 2. The van der Waals surface area contributed by atoms with Crippen molar-refractivity contribution in [3.05, 3.63) is 0 Å². The zero-order chi connectivity index (χ0) is 16.6. The van der Waals surface area contributed by atoms with E-state index in [2.05, 4.69) is 38.3 Å². The van der Waals surface area contributed by atoms with Crippen molar-refractivity contribution in [2.45, 2.75) is 73.4 Å². The van der Waals surface area contributed by atoms with E-state index in [4.69, 9.17) is 5.11 Å². The quantitative estimate of drug-likeness (QED) is 0.730. The van der Waals surface area contributed by atoms with E-state index in [1.807, 2.05) is 20.8 Å². The van der Waals surface area contributed by atoms with E-state index in [1.54, 1.807) is 0 Å². The highest BCUT2D eigenvalue weighted by Crippen LogP contribution is 2.62. The monoisotopic (exact) mass is 298 g/mol. The summed E-state index contributed by atoms with van der Waals surface area (Å²) in [6.07, 6.45) is 0.576. The maximum Gasteiger partial charge on any atom is 0.315 e. The first-order valence-corrected chi connectivity index (χ1v) is 7.56.